The maximum absolute atomic E-state index is 15.6. The molecule has 2 aromatic rings. The maximum Gasteiger partial charge on any atom is 0.338 e. The first-order chi connectivity index (χ1) is 28.0. The van der Waals surface area contributed by atoms with Gasteiger partial charge < -0.3 is 34.5 Å². The van der Waals surface area contributed by atoms with E-state index in [1.807, 2.05) is 6.92 Å². The van der Waals surface area contributed by atoms with E-state index in [1.54, 1.807) is 90.1 Å². The van der Waals surface area contributed by atoms with E-state index in [1.165, 1.54) is 12.1 Å². The summed E-state index contributed by atoms with van der Waals surface area (Å²) in [5.41, 5.74) is -5.53. The van der Waals surface area contributed by atoms with Crippen molar-refractivity contribution in [1.29, 1.82) is 0 Å². The van der Waals surface area contributed by atoms with Crippen molar-refractivity contribution >= 4 is 35.6 Å². The van der Waals surface area contributed by atoms with E-state index in [2.05, 4.69) is 5.32 Å². The van der Waals surface area contributed by atoms with E-state index in [-0.39, 0.29) is 23.1 Å². The van der Waals surface area contributed by atoms with E-state index in [0.717, 1.165) is 13.8 Å². The third-order valence-corrected chi connectivity index (χ3v) is 13.7. The Morgan fingerprint density at radius 2 is 1.53 bits per heavy atom. The Balaban J connectivity index is 1.40. The van der Waals surface area contributed by atoms with E-state index in [0.29, 0.717) is 5.56 Å². The van der Waals surface area contributed by atoms with Crippen molar-refractivity contribution in [3.8, 4) is 0 Å². The highest BCUT2D eigenvalue weighted by atomic mass is 17.3. The van der Waals surface area contributed by atoms with E-state index in [4.69, 9.17) is 28.7 Å². The highest BCUT2D eigenvalue weighted by Gasteiger charge is 2.88. The summed E-state index contributed by atoms with van der Waals surface area (Å²) < 4.78 is 24.5. The number of fused-ring (bicyclic) bond motifs is 4. The number of benzene rings is 2. The van der Waals surface area contributed by atoms with Crippen LogP contribution in [-0.4, -0.2) is 87.7 Å². The van der Waals surface area contributed by atoms with Crippen LogP contribution in [0.5, 0.6) is 0 Å². The predicted octanol–water partition coefficient (Wildman–Crippen LogP) is 4.24. The lowest BCUT2D eigenvalue weighted by atomic mass is 9.50. The molecule has 7 rings (SSSR count). The minimum atomic E-state index is -2.32. The molecule has 1 amide bonds. The van der Waals surface area contributed by atoms with Gasteiger partial charge in [0.15, 0.2) is 24.1 Å². The molecular weight excluding hydrogens is 778 g/mol. The largest absolute Gasteiger partial charge is 0.456 e. The van der Waals surface area contributed by atoms with Crippen LogP contribution in [0, 0.1) is 34.0 Å². The van der Waals surface area contributed by atoms with Crippen molar-refractivity contribution in [2.24, 2.45) is 34.0 Å². The fourth-order valence-corrected chi connectivity index (χ4v) is 10.5. The third kappa shape index (κ3) is 6.55. The third-order valence-electron chi connectivity index (χ3n) is 13.7. The number of carbonyl (C=O) groups is 6. The van der Waals surface area contributed by atoms with Crippen LogP contribution in [0.4, 0.5) is 0 Å². The topological polar surface area (TPSA) is 210 Å². The number of hydrogen-bond donors (Lipinski definition) is 3. The summed E-state index contributed by atoms with van der Waals surface area (Å²) in [6.45, 7) is 13.9. The number of esters is 4. The molecule has 15 nitrogen and oxygen atoms in total. The van der Waals surface area contributed by atoms with Crippen LogP contribution in [-0.2, 0) is 52.7 Å². The van der Waals surface area contributed by atoms with Gasteiger partial charge in [-0.15, -0.1) is 0 Å². The molecule has 1 heterocycles. The summed E-state index contributed by atoms with van der Waals surface area (Å²) in [6.07, 6.45) is -8.06. The number of ether oxygens (including phenoxy) is 4. The zero-order valence-electron chi connectivity index (χ0n) is 35.2. The molecule has 4 aliphatic carbocycles. The lowest BCUT2D eigenvalue weighted by Crippen LogP contribution is -2.77. The average molecular weight is 832 g/mol. The van der Waals surface area contributed by atoms with Crippen molar-refractivity contribution in [2.75, 3.05) is 0 Å². The molecule has 60 heavy (non-hydrogen) atoms. The first kappa shape index (κ1) is 43.1. The fraction of sp³-hybridized carbons (Fsp3) is 0.556. The van der Waals surface area contributed by atoms with Gasteiger partial charge >= 0.3 is 23.9 Å². The normalized spacial score (nSPS) is 34.6. The van der Waals surface area contributed by atoms with Gasteiger partial charge in [-0.05, 0) is 54.0 Å². The summed E-state index contributed by atoms with van der Waals surface area (Å²) in [5.74, 6) is -9.23. The number of ketones is 1. The second kappa shape index (κ2) is 14.9. The van der Waals surface area contributed by atoms with E-state index in [9.17, 15) is 34.2 Å². The van der Waals surface area contributed by atoms with Crippen LogP contribution in [0.1, 0.15) is 97.1 Å². The molecular formula is C45H53NO14. The SMILES string of the molecule is CC(=O)O[C@H]1C(=O)[C@]23[C@H](C[C@H]4OO[C@@]4(OC(C)=O)[C@H]2[C@H](OC(=O)c2ccccc2)[C@]2(O)C[C@H](OC(=O)[C@H](O)[C@@H](NC(=O)C(C)(C)C)c4ccccc4)C(C)=C1C2(C)C)[C@@H]3C. The fourth-order valence-electron chi connectivity index (χ4n) is 10.5. The van der Waals surface area contributed by atoms with Gasteiger partial charge in [0.1, 0.15) is 17.8 Å². The van der Waals surface area contributed by atoms with Gasteiger partial charge in [-0.2, -0.15) is 4.89 Å². The molecule has 15 heteroatoms. The molecule has 5 aliphatic rings. The van der Waals surface area contributed by atoms with E-state index < -0.39 is 124 Å². The smallest absolute Gasteiger partial charge is 0.338 e. The minimum Gasteiger partial charge on any atom is -0.456 e. The van der Waals surface area contributed by atoms with Crippen LogP contribution < -0.4 is 5.32 Å². The van der Waals surface area contributed by atoms with Gasteiger partial charge in [-0.3, -0.25) is 19.2 Å². The lowest BCUT2D eigenvalue weighted by Gasteiger charge is -2.63. The van der Waals surface area contributed by atoms with Crippen molar-refractivity contribution in [2.45, 2.75) is 123 Å². The Labute approximate surface area is 348 Å². The van der Waals surface area contributed by atoms with E-state index >= 15 is 4.79 Å². The van der Waals surface area contributed by atoms with Gasteiger partial charge in [0.05, 0.1) is 22.9 Å². The molecule has 2 aromatic carbocycles. The summed E-state index contributed by atoms with van der Waals surface area (Å²) in [7, 11) is 0. The molecule has 2 bridgehead atoms. The standard InChI is InChI=1S/C45H53NO14/c1-22-29(56-39(52)33(49)32(26-16-12-10-13-17-26)46-40(53)41(5,6)7)21-43(54)37(57-38(51)27-18-14-11-15-19-27)35-44(36(50)34(55-24(3)47)31(22)42(43,8)9)23(2)28(44)20-30-45(35,60-59-30)58-25(4)48/h10-19,23,28-30,32-35,37,49,54H,20-21H2,1-9H3,(H,46,53)/t23-,28+,29-,30+,32-,33+,34+,35-,37-,43+,44+,45+/m0/s1. The predicted molar refractivity (Wildman–Crippen MR) is 209 cm³/mol. The zero-order valence-corrected chi connectivity index (χ0v) is 35.2. The molecule has 0 unspecified atom stereocenters. The van der Waals surface area contributed by atoms with Gasteiger partial charge in [-0.25, -0.2) is 14.5 Å². The summed E-state index contributed by atoms with van der Waals surface area (Å²) >= 11 is 0. The molecule has 322 valence electrons. The number of rotatable bonds is 9. The molecule has 0 aromatic heterocycles. The molecule has 4 fully saturated rings. The Bertz CT molecular complexity index is 2130. The van der Waals surface area contributed by atoms with Crippen molar-refractivity contribution < 1.29 is 67.7 Å². The second-order valence-corrected chi connectivity index (χ2v) is 18.4. The summed E-state index contributed by atoms with van der Waals surface area (Å²) in [6, 6.07) is 15.1. The monoisotopic (exact) mass is 831 g/mol. The molecule has 1 aliphatic heterocycles. The maximum atomic E-state index is 15.6. The molecule has 0 radical (unpaired) electrons. The number of Topliss-reactive ketones (excluding diaryl/α,β-unsaturated/α-hetero) is 1. The van der Waals surface area contributed by atoms with Gasteiger partial charge in [0.25, 0.3) is 5.79 Å². The van der Waals surface area contributed by atoms with Crippen LogP contribution in [0.25, 0.3) is 0 Å². The van der Waals surface area contributed by atoms with Gasteiger partial charge in [-0.1, -0.05) is 90.1 Å². The highest BCUT2D eigenvalue weighted by Crippen LogP contribution is 2.77. The van der Waals surface area contributed by atoms with Crippen LogP contribution in [0.2, 0.25) is 0 Å². The van der Waals surface area contributed by atoms with Crippen LogP contribution in [0.3, 0.4) is 0 Å². The Morgan fingerprint density at radius 1 is 0.917 bits per heavy atom. The Hall–Kier alpha value is -4.96. The highest BCUT2D eigenvalue weighted by molar-refractivity contribution is 5.98. The van der Waals surface area contributed by atoms with Crippen LogP contribution in [0.15, 0.2) is 71.8 Å². The first-order valence-electron chi connectivity index (χ1n) is 20.2. The quantitative estimate of drug-likeness (QED) is 0.140. The number of carbonyl (C=O) groups excluding carboxylic acids is 6. The molecule has 12 atom stereocenters. The van der Waals surface area contributed by atoms with Gasteiger partial charge in [0, 0.05) is 31.1 Å². The van der Waals surface area contributed by atoms with Gasteiger partial charge in [0.2, 0.25) is 5.91 Å². The number of hydrogen-bond acceptors (Lipinski definition) is 14. The lowest BCUT2D eigenvalue weighted by molar-refractivity contribution is -0.588. The van der Waals surface area contributed by atoms with Crippen molar-refractivity contribution in [3.63, 3.8) is 0 Å². The minimum absolute atomic E-state index is 0.102. The molecule has 3 N–H and O–H groups in total. The zero-order chi connectivity index (χ0) is 43.9. The number of aliphatic hydroxyl groups excluding tert-OH is 1. The molecule has 1 saturated heterocycles. The number of nitrogens with one attached hydrogen (secondary N) is 1. The first-order valence-corrected chi connectivity index (χ1v) is 20.2. The molecule has 1 spiro atoms. The summed E-state index contributed by atoms with van der Waals surface area (Å²) in [5, 5.41) is 28.2. The molecule has 3 saturated carbocycles. The summed E-state index contributed by atoms with van der Waals surface area (Å²) in [4.78, 5) is 94.6. The Morgan fingerprint density at radius 3 is 2.08 bits per heavy atom. The number of amides is 1. The number of aliphatic hydroxyl groups is 2. The second-order valence-electron chi connectivity index (χ2n) is 18.4. The average Bonchev–Trinajstić information content (AvgIpc) is 3.77. The Kier molecular flexibility index (Phi) is 10.7. The van der Waals surface area contributed by atoms with Crippen molar-refractivity contribution in [3.05, 3.63) is 82.9 Å². The van der Waals surface area contributed by atoms with Crippen molar-refractivity contribution in [1.82, 2.24) is 5.32 Å². The van der Waals surface area contributed by atoms with Crippen LogP contribution >= 0.6 is 0 Å².